The van der Waals surface area contributed by atoms with Crippen LogP contribution in [0.5, 0.6) is 11.5 Å². The maximum absolute atomic E-state index is 12.6. The van der Waals surface area contributed by atoms with Crippen LogP contribution in [0.4, 0.5) is 0 Å². The molecule has 0 heterocycles. The second kappa shape index (κ2) is 7.56. The molecule has 0 radical (unpaired) electrons. The van der Waals surface area contributed by atoms with Crippen molar-refractivity contribution in [2.75, 3.05) is 0 Å². The van der Waals surface area contributed by atoms with E-state index in [-0.39, 0.29) is 23.3 Å². The minimum Gasteiger partial charge on any atom is -0.508 e. The molecule has 0 aliphatic heterocycles. The molecule has 26 heavy (non-hydrogen) atoms. The van der Waals surface area contributed by atoms with Gasteiger partial charge < -0.3 is 20.4 Å². The highest BCUT2D eigenvalue weighted by molar-refractivity contribution is 6.47. The zero-order valence-corrected chi connectivity index (χ0v) is 15.8. The third-order valence-corrected chi connectivity index (χ3v) is 4.76. The summed E-state index contributed by atoms with van der Waals surface area (Å²) in [6.45, 7) is 5.92. The largest absolute Gasteiger partial charge is 0.508 e. The Hall–Kier alpha value is -2.24. The van der Waals surface area contributed by atoms with Gasteiger partial charge in [0.05, 0.1) is 5.56 Å². The third kappa shape index (κ3) is 3.79. The van der Waals surface area contributed by atoms with Gasteiger partial charge in [-0.1, -0.05) is 34.9 Å². The second-order valence-corrected chi connectivity index (χ2v) is 7.19. The number of Topliss-reactive ketones (excluding diaryl/α,β-unsaturated/α-hetero) is 1. The van der Waals surface area contributed by atoms with Gasteiger partial charge in [-0.2, -0.15) is 0 Å². The summed E-state index contributed by atoms with van der Waals surface area (Å²) in [6.07, 6.45) is 5.35. The number of aliphatic hydroxyl groups excluding tert-OH is 1. The summed E-state index contributed by atoms with van der Waals surface area (Å²) in [7, 11) is 0. The average Bonchev–Trinajstić information content (AvgIpc) is 2.55. The molecule has 0 unspecified atom stereocenters. The molecule has 4 N–H and O–H groups in total. The van der Waals surface area contributed by atoms with Crippen molar-refractivity contribution in [2.45, 2.75) is 45.6 Å². The van der Waals surface area contributed by atoms with Gasteiger partial charge >= 0.3 is 0 Å². The SMILES string of the molecule is CC(C)=CCC/C(C)=C/C[C@@]1(O)C(=O)C(Cl)=C(O)c2c(O)cc(O)cc21. The molecular weight excluding hydrogens is 356 g/mol. The quantitative estimate of drug-likeness (QED) is 0.569. The van der Waals surface area contributed by atoms with Crippen molar-refractivity contribution >= 4 is 23.1 Å². The van der Waals surface area contributed by atoms with Gasteiger partial charge in [0.2, 0.25) is 5.78 Å². The number of hydrogen-bond acceptors (Lipinski definition) is 5. The molecule has 0 aromatic heterocycles. The monoisotopic (exact) mass is 378 g/mol. The molecule has 1 aromatic rings. The number of phenols is 2. The number of ketones is 1. The Morgan fingerprint density at radius 3 is 2.42 bits per heavy atom. The molecular formula is C20H23ClO5. The number of phenolic OH excluding ortho intramolecular Hbond substituents is 2. The molecule has 0 saturated carbocycles. The summed E-state index contributed by atoms with van der Waals surface area (Å²) in [5, 5.41) is 40.4. The van der Waals surface area contributed by atoms with Crippen molar-refractivity contribution in [2.24, 2.45) is 0 Å². The zero-order valence-electron chi connectivity index (χ0n) is 15.0. The van der Waals surface area contributed by atoms with Crippen LogP contribution < -0.4 is 0 Å². The Labute approximate surface area is 157 Å². The first-order chi connectivity index (χ1) is 12.1. The van der Waals surface area contributed by atoms with Gasteiger partial charge in [0.15, 0.2) is 5.60 Å². The first kappa shape index (κ1) is 20.1. The van der Waals surface area contributed by atoms with Crippen molar-refractivity contribution < 1.29 is 25.2 Å². The van der Waals surface area contributed by atoms with E-state index in [4.69, 9.17) is 11.6 Å². The van der Waals surface area contributed by atoms with Crippen molar-refractivity contribution in [3.05, 3.63) is 51.6 Å². The maximum atomic E-state index is 12.6. The molecule has 1 atom stereocenters. The van der Waals surface area contributed by atoms with E-state index in [0.29, 0.717) is 0 Å². The number of carbonyl (C=O) groups excluding carboxylic acids is 1. The Bertz CT molecular complexity index is 831. The summed E-state index contributed by atoms with van der Waals surface area (Å²) in [4.78, 5) is 12.6. The predicted molar refractivity (Wildman–Crippen MR) is 101 cm³/mol. The molecule has 0 amide bonds. The van der Waals surface area contributed by atoms with Crippen LogP contribution in [0.15, 0.2) is 40.5 Å². The lowest BCUT2D eigenvalue weighted by Crippen LogP contribution is -2.39. The first-order valence-corrected chi connectivity index (χ1v) is 8.67. The Morgan fingerprint density at radius 2 is 1.81 bits per heavy atom. The van der Waals surface area contributed by atoms with E-state index in [2.05, 4.69) is 6.08 Å². The number of aliphatic hydroxyl groups is 2. The van der Waals surface area contributed by atoms with Crippen LogP contribution in [-0.2, 0) is 10.4 Å². The highest BCUT2D eigenvalue weighted by atomic mass is 35.5. The summed E-state index contributed by atoms with van der Waals surface area (Å²) < 4.78 is 0. The Balaban J connectivity index is 2.42. The highest BCUT2D eigenvalue weighted by Gasteiger charge is 2.46. The van der Waals surface area contributed by atoms with Gasteiger partial charge in [-0.3, -0.25) is 4.79 Å². The summed E-state index contributed by atoms with van der Waals surface area (Å²) in [6, 6.07) is 2.16. The minimum atomic E-state index is -2.08. The van der Waals surface area contributed by atoms with Gasteiger partial charge in [0.25, 0.3) is 0 Å². The lowest BCUT2D eigenvalue weighted by Gasteiger charge is -2.32. The standard InChI is InChI=1S/C20H23ClO5/c1-11(2)5-4-6-12(3)7-8-20(26)14-9-13(22)10-15(23)16(14)18(24)17(21)19(20)25/h5,7,9-10,22-24,26H,4,6,8H2,1-3H3/b12-7+/t20-/m0/s1. The minimum absolute atomic E-state index is 0.0738. The summed E-state index contributed by atoms with van der Waals surface area (Å²) in [5.41, 5.74) is -0.108. The molecule has 0 fully saturated rings. The maximum Gasteiger partial charge on any atom is 0.214 e. The average molecular weight is 379 g/mol. The van der Waals surface area contributed by atoms with Gasteiger partial charge in [-0.25, -0.2) is 0 Å². The fourth-order valence-electron chi connectivity index (χ4n) is 2.92. The molecule has 140 valence electrons. The van der Waals surface area contributed by atoms with Crippen LogP contribution in [-0.4, -0.2) is 26.2 Å². The molecule has 1 aliphatic rings. The molecule has 1 aliphatic carbocycles. The zero-order chi connectivity index (χ0) is 19.6. The lowest BCUT2D eigenvalue weighted by atomic mass is 9.78. The van der Waals surface area contributed by atoms with Crippen LogP contribution in [0.2, 0.25) is 0 Å². The van der Waals surface area contributed by atoms with E-state index in [0.717, 1.165) is 30.5 Å². The summed E-state index contributed by atoms with van der Waals surface area (Å²) >= 11 is 5.89. The number of carbonyl (C=O) groups is 1. The van der Waals surface area contributed by atoms with Crippen LogP contribution in [0.3, 0.4) is 0 Å². The van der Waals surface area contributed by atoms with E-state index in [1.54, 1.807) is 6.08 Å². The van der Waals surface area contributed by atoms with Crippen molar-refractivity contribution in [3.63, 3.8) is 0 Å². The third-order valence-electron chi connectivity index (χ3n) is 4.40. The molecule has 6 heteroatoms. The van der Waals surface area contributed by atoms with Crippen molar-refractivity contribution in [1.82, 2.24) is 0 Å². The number of halogens is 1. The molecule has 0 bridgehead atoms. The molecule has 1 aromatic carbocycles. The number of aromatic hydroxyl groups is 2. The van der Waals surface area contributed by atoms with Gasteiger partial charge in [0, 0.05) is 18.1 Å². The molecule has 2 rings (SSSR count). The summed E-state index contributed by atoms with van der Waals surface area (Å²) in [5.74, 6) is -2.28. The second-order valence-electron chi connectivity index (χ2n) is 6.81. The van der Waals surface area contributed by atoms with Gasteiger partial charge in [0.1, 0.15) is 22.3 Å². The van der Waals surface area contributed by atoms with Crippen molar-refractivity contribution in [3.8, 4) is 11.5 Å². The fourth-order valence-corrected chi connectivity index (χ4v) is 3.17. The van der Waals surface area contributed by atoms with E-state index in [1.165, 1.54) is 5.57 Å². The number of hydrogen-bond donors (Lipinski definition) is 4. The predicted octanol–water partition coefficient (Wildman–Crippen LogP) is 4.42. The molecule has 0 saturated heterocycles. The Kier molecular flexibility index (Phi) is 5.84. The van der Waals surface area contributed by atoms with Gasteiger partial charge in [-0.15, -0.1) is 0 Å². The van der Waals surface area contributed by atoms with E-state index in [9.17, 15) is 25.2 Å². The van der Waals surface area contributed by atoms with Crippen LogP contribution >= 0.6 is 11.6 Å². The van der Waals surface area contributed by atoms with E-state index >= 15 is 0 Å². The number of rotatable bonds is 5. The lowest BCUT2D eigenvalue weighted by molar-refractivity contribution is -0.133. The van der Waals surface area contributed by atoms with Crippen LogP contribution in [0.1, 0.15) is 51.2 Å². The van der Waals surface area contributed by atoms with Crippen LogP contribution in [0.25, 0.3) is 5.76 Å². The first-order valence-electron chi connectivity index (χ1n) is 8.29. The Morgan fingerprint density at radius 1 is 1.15 bits per heavy atom. The molecule has 5 nitrogen and oxygen atoms in total. The fraction of sp³-hybridized carbons (Fsp3) is 0.350. The van der Waals surface area contributed by atoms with Gasteiger partial charge in [-0.05, 0) is 39.7 Å². The normalized spacial score (nSPS) is 20.2. The van der Waals surface area contributed by atoms with E-state index < -0.39 is 27.9 Å². The van der Waals surface area contributed by atoms with Crippen molar-refractivity contribution in [1.29, 1.82) is 0 Å². The van der Waals surface area contributed by atoms with Crippen LogP contribution in [0, 0.1) is 0 Å². The smallest absolute Gasteiger partial charge is 0.214 e. The number of benzene rings is 1. The van der Waals surface area contributed by atoms with E-state index in [1.807, 2.05) is 20.8 Å². The topological polar surface area (TPSA) is 98.0 Å². The molecule has 0 spiro atoms. The number of fused-ring (bicyclic) bond motifs is 1. The highest BCUT2D eigenvalue weighted by Crippen LogP contribution is 2.46. The number of allylic oxidation sites excluding steroid dienone is 3.